The van der Waals surface area contributed by atoms with Gasteiger partial charge in [-0.1, -0.05) is 12.1 Å². The zero-order valence-electron chi connectivity index (χ0n) is 18.0. The number of halogens is 1. The molecule has 7 nitrogen and oxygen atoms in total. The number of benzene rings is 2. The molecule has 0 saturated heterocycles. The number of aromatic nitrogens is 5. The number of rotatable bonds is 7. The summed E-state index contributed by atoms with van der Waals surface area (Å²) in [4.78, 5) is 13.3. The van der Waals surface area contributed by atoms with Crippen LogP contribution in [0.5, 0.6) is 5.75 Å². The molecule has 0 spiro atoms. The summed E-state index contributed by atoms with van der Waals surface area (Å²) in [5, 5.41) is 9.50. The molecule has 3 aromatic heterocycles. The maximum Gasteiger partial charge on any atom is 0.196 e. The maximum absolute atomic E-state index is 13.3. The zero-order chi connectivity index (χ0) is 22.8. The first-order chi connectivity index (χ1) is 16.1. The van der Waals surface area contributed by atoms with Crippen molar-refractivity contribution in [3.8, 4) is 5.75 Å². The van der Waals surface area contributed by atoms with E-state index in [0.29, 0.717) is 17.5 Å². The van der Waals surface area contributed by atoms with Gasteiger partial charge in [-0.15, -0.1) is 0 Å². The number of aromatic amines is 1. The normalized spacial score (nSPS) is 11.1. The van der Waals surface area contributed by atoms with E-state index in [1.165, 1.54) is 23.9 Å². The van der Waals surface area contributed by atoms with Crippen LogP contribution in [0.15, 0.2) is 76.9 Å². The molecule has 0 amide bonds. The van der Waals surface area contributed by atoms with E-state index < -0.39 is 0 Å². The van der Waals surface area contributed by atoms with Crippen LogP contribution in [-0.2, 0) is 6.54 Å². The van der Waals surface area contributed by atoms with Crippen molar-refractivity contribution in [3.63, 3.8) is 0 Å². The van der Waals surface area contributed by atoms with Crippen molar-refractivity contribution in [1.29, 1.82) is 0 Å². The number of fused-ring (bicyclic) bond motifs is 1. The lowest BCUT2D eigenvalue weighted by atomic mass is 10.2. The number of anilines is 2. The highest BCUT2D eigenvalue weighted by atomic mass is 32.2. The van der Waals surface area contributed by atoms with Crippen LogP contribution in [0.3, 0.4) is 0 Å². The monoisotopic (exact) mass is 460 g/mol. The predicted octanol–water partition coefficient (Wildman–Crippen LogP) is 5.55. The van der Waals surface area contributed by atoms with E-state index >= 15 is 0 Å². The molecule has 0 atom stereocenters. The van der Waals surface area contributed by atoms with Crippen molar-refractivity contribution >= 4 is 34.4 Å². The number of hydrogen-bond donors (Lipinski definition) is 2. The summed E-state index contributed by atoms with van der Waals surface area (Å²) in [6, 6.07) is 18.1. The summed E-state index contributed by atoms with van der Waals surface area (Å²) < 4.78 is 20.4. The van der Waals surface area contributed by atoms with Crippen molar-refractivity contribution < 1.29 is 9.13 Å². The Kier molecular flexibility index (Phi) is 5.70. The van der Waals surface area contributed by atoms with E-state index in [1.807, 2.05) is 54.2 Å². The smallest absolute Gasteiger partial charge is 0.196 e. The van der Waals surface area contributed by atoms with E-state index in [4.69, 9.17) is 9.72 Å². The van der Waals surface area contributed by atoms with Crippen LogP contribution in [0.2, 0.25) is 0 Å². The second kappa shape index (κ2) is 8.95. The molecule has 0 saturated carbocycles. The first kappa shape index (κ1) is 21.0. The number of ether oxygens (including phenoxy) is 1. The Morgan fingerprint density at radius 1 is 1.06 bits per heavy atom. The van der Waals surface area contributed by atoms with Crippen LogP contribution in [-0.4, -0.2) is 31.8 Å². The topological polar surface area (TPSA) is 80.7 Å². The van der Waals surface area contributed by atoms with Gasteiger partial charge in [-0.2, -0.15) is 5.10 Å². The minimum atomic E-state index is -0.275. The fourth-order valence-electron chi connectivity index (χ4n) is 3.46. The Morgan fingerprint density at radius 3 is 2.61 bits per heavy atom. The van der Waals surface area contributed by atoms with E-state index in [0.717, 1.165) is 38.8 Å². The standard InChI is InChI=1S/C24H21FN6OS/c1-15-13-21(31(30-15)14-16-3-7-18(32-2)8-4-16)27-23-20-11-12-26-22(20)28-24(29-23)33-19-9-5-17(25)6-10-19/h3-13H,14H2,1-2H3,(H2,26,27,28,29). The van der Waals surface area contributed by atoms with Gasteiger partial charge < -0.3 is 15.0 Å². The molecule has 2 N–H and O–H groups in total. The first-order valence-electron chi connectivity index (χ1n) is 10.3. The van der Waals surface area contributed by atoms with Crippen LogP contribution in [0, 0.1) is 12.7 Å². The Bertz CT molecular complexity index is 1400. The predicted molar refractivity (Wildman–Crippen MR) is 127 cm³/mol. The highest BCUT2D eigenvalue weighted by molar-refractivity contribution is 7.99. The van der Waals surface area contributed by atoms with Crippen molar-refractivity contribution in [2.45, 2.75) is 23.5 Å². The number of nitrogens with one attached hydrogen (secondary N) is 2. The second-order valence-corrected chi connectivity index (χ2v) is 8.49. The molecule has 3 heterocycles. The van der Waals surface area contributed by atoms with Gasteiger partial charge >= 0.3 is 0 Å². The molecule has 0 radical (unpaired) electrons. The zero-order valence-corrected chi connectivity index (χ0v) is 18.9. The minimum absolute atomic E-state index is 0.275. The molecule has 33 heavy (non-hydrogen) atoms. The molecular formula is C24H21FN6OS. The SMILES string of the molecule is COc1ccc(Cn2nc(C)cc2Nc2nc(Sc3ccc(F)cc3)nc3[nH]ccc23)cc1. The number of hydrogen-bond acceptors (Lipinski definition) is 6. The van der Waals surface area contributed by atoms with Crippen molar-refractivity contribution in [1.82, 2.24) is 24.7 Å². The van der Waals surface area contributed by atoms with Crippen LogP contribution in [0.25, 0.3) is 11.0 Å². The van der Waals surface area contributed by atoms with Gasteiger partial charge in [0, 0.05) is 17.2 Å². The van der Waals surface area contributed by atoms with Gasteiger partial charge in [0.15, 0.2) is 5.16 Å². The number of aryl methyl sites for hydroxylation is 1. The number of H-pyrrole nitrogens is 1. The Labute approximate surface area is 194 Å². The van der Waals surface area contributed by atoms with Gasteiger partial charge in [-0.25, -0.2) is 19.0 Å². The number of nitrogens with zero attached hydrogens (tertiary/aromatic N) is 4. The summed E-state index contributed by atoms with van der Waals surface area (Å²) in [6.45, 7) is 2.55. The van der Waals surface area contributed by atoms with E-state index in [-0.39, 0.29) is 5.82 Å². The van der Waals surface area contributed by atoms with E-state index in [2.05, 4.69) is 20.4 Å². The van der Waals surface area contributed by atoms with Gasteiger partial charge in [-0.3, -0.25) is 0 Å². The molecule has 0 aliphatic rings. The quantitative estimate of drug-likeness (QED) is 0.310. The largest absolute Gasteiger partial charge is 0.497 e. The third-order valence-corrected chi connectivity index (χ3v) is 5.93. The van der Waals surface area contributed by atoms with Crippen LogP contribution in [0.4, 0.5) is 16.0 Å². The summed E-state index contributed by atoms with van der Waals surface area (Å²) >= 11 is 1.37. The van der Waals surface area contributed by atoms with Gasteiger partial charge in [-0.05, 0) is 66.7 Å². The van der Waals surface area contributed by atoms with Crippen molar-refractivity contribution in [3.05, 3.63) is 83.9 Å². The first-order valence-corrected chi connectivity index (χ1v) is 11.1. The molecule has 2 aromatic carbocycles. The van der Waals surface area contributed by atoms with E-state index in [9.17, 15) is 4.39 Å². The maximum atomic E-state index is 13.3. The summed E-state index contributed by atoms with van der Waals surface area (Å²) in [6.07, 6.45) is 1.83. The van der Waals surface area contributed by atoms with E-state index in [1.54, 1.807) is 19.2 Å². The fraction of sp³-hybridized carbons (Fsp3) is 0.125. The van der Waals surface area contributed by atoms with Gasteiger partial charge in [0.2, 0.25) is 0 Å². The Hall–Kier alpha value is -3.85. The molecule has 5 rings (SSSR count). The average molecular weight is 461 g/mol. The lowest BCUT2D eigenvalue weighted by molar-refractivity contribution is 0.414. The highest BCUT2D eigenvalue weighted by Crippen LogP contribution is 2.30. The molecule has 0 unspecified atom stereocenters. The second-order valence-electron chi connectivity index (χ2n) is 7.45. The third kappa shape index (κ3) is 4.68. The molecule has 5 aromatic rings. The lowest BCUT2D eigenvalue weighted by Gasteiger charge is -2.11. The molecule has 0 aliphatic carbocycles. The Balaban J connectivity index is 1.45. The van der Waals surface area contributed by atoms with Crippen molar-refractivity contribution in [2.75, 3.05) is 12.4 Å². The molecule has 0 bridgehead atoms. The fourth-order valence-corrected chi connectivity index (χ4v) is 4.22. The summed E-state index contributed by atoms with van der Waals surface area (Å²) in [5.74, 6) is 2.03. The third-order valence-electron chi connectivity index (χ3n) is 5.06. The molecule has 0 fully saturated rings. The van der Waals surface area contributed by atoms with Crippen LogP contribution in [0.1, 0.15) is 11.3 Å². The Morgan fingerprint density at radius 2 is 1.85 bits per heavy atom. The molecular weight excluding hydrogens is 439 g/mol. The van der Waals surface area contributed by atoms with Gasteiger partial charge in [0.05, 0.1) is 24.7 Å². The van der Waals surface area contributed by atoms with Crippen LogP contribution < -0.4 is 10.1 Å². The highest BCUT2D eigenvalue weighted by Gasteiger charge is 2.14. The molecule has 9 heteroatoms. The average Bonchev–Trinajstić information content (AvgIpc) is 3.42. The van der Waals surface area contributed by atoms with Gasteiger partial charge in [0.25, 0.3) is 0 Å². The van der Waals surface area contributed by atoms with Crippen LogP contribution >= 0.6 is 11.8 Å². The van der Waals surface area contributed by atoms with Gasteiger partial charge in [0.1, 0.15) is 28.8 Å². The van der Waals surface area contributed by atoms with Crippen molar-refractivity contribution in [2.24, 2.45) is 0 Å². The summed E-state index contributed by atoms with van der Waals surface area (Å²) in [7, 11) is 1.65. The number of methoxy groups -OCH3 is 1. The minimum Gasteiger partial charge on any atom is -0.497 e. The molecule has 166 valence electrons. The lowest BCUT2D eigenvalue weighted by Crippen LogP contribution is -2.07. The summed E-state index contributed by atoms with van der Waals surface area (Å²) in [5.41, 5.74) is 2.71. The molecule has 0 aliphatic heterocycles.